The van der Waals surface area contributed by atoms with Crippen molar-refractivity contribution in [2.75, 3.05) is 6.54 Å². The lowest BCUT2D eigenvalue weighted by molar-refractivity contribution is 0.102. The Bertz CT molecular complexity index is 588. The maximum atomic E-state index is 9.95. The van der Waals surface area contributed by atoms with Gasteiger partial charge in [0.15, 0.2) is 0 Å². The molecule has 1 aromatic heterocycles. The molecule has 0 saturated carbocycles. The number of hydrogen-bond donors (Lipinski definition) is 1. The van der Waals surface area contributed by atoms with E-state index in [0.717, 1.165) is 24.4 Å². The van der Waals surface area contributed by atoms with Crippen molar-refractivity contribution in [3.05, 3.63) is 57.8 Å². The van der Waals surface area contributed by atoms with Gasteiger partial charge in [0.1, 0.15) is 6.07 Å². The van der Waals surface area contributed by atoms with Crippen LogP contribution in [0.3, 0.4) is 0 Å². The van der Waals surface area contributed by atoms with Crippen LogP contribution in [0.25, 0.3) is 0 Å². The second-order valence-corrected chi connectivity index (χ2v) is 6.13. The summed E-state index contributed by atoms with van der Waals surface area (Å²) < 4.78 is 0. The van der Waals surface area contributed by atoms with Crippen molar-refractivity contribution < 1.29 is 5.11 Å². The smallest absolute Gasteiger partial charge is 0.100 e. The molecule has 1 unspecified atom stereocenters. The molecule has 1 heterocycles. The summed E-state index contributed by atoms with van der Waals surface area (Å²) in [6, 6.07) is 14.4. The van der Waals surface area contributed by atoms with Gasteiger partial charge >= 0.3 is 0 Å². The molecule has 0 amide bonds. The largest absolute Gasteiger partial charge is 0.392 e. The van der Waals surface area contributed by atoms with Crippen LogP contribution in [0.15, 0.2) is 41.8 Å². The molecule has 0 aliphatic heterocycles. The van der Waals surface area contributed by atoms with Crippen molar-refractivity contribution in [2.24, 2.45) is 0 Å². The van der Waals surface area contributed by atoms with E-state index in [0.29, 0.717) is 12.1 Å². The molecule has 0 aliphatic rings. The van der Waals surface area contributed by atoms with Crippen molar-refractivity contribution in [1.82, 2.24) is 4.90 Å². The monoisotopic (exact) mass is 300 g/mol. The van der Waals surface area contributed by atoms with E-state index >= 15 is 0 Å². The van der Waals surface area contributed by atoms with E-state index in [4.69, 9.17) is 5.26 Å². The zero-order valence-electron chi connectivity index (χ0n) is 12.2. The van der Waals surface area contributed by atoms with Crippen LogP contribution in [-0.2, 0) is 13.1 Å². The highest BCUT2D eigenvalue weighted by molar-refractivity contribution is 7.10. The fraction of sp³-hybridized carbons (Fsp3) is 0.353. The average molecular weight is 300 g/mol. The molecule has 3 nitrogen and oxygen atoms in total. The molecule has 4 heteroatoms. The van der Waals surface area contributed by atoms with Gasteiger partial charge in [0.25, 0.3) is 0 Å². The van der Waals surface area contributed by atoms with Crippen LogP contribution in [-0.4, -0.2) is 22.7 Å². The Hall–Kier alpha value is -1.67. The predicted molar refractivity (Wildman–Crippen MR) is 85.9 cm³/mol. The lowest BCUT2D eigenvalue weighted by Gasteiger charge is -2.24. The molecule has 0 fully saturated rings. The third kappa shape index (κ3) is 4.98. The Morgan fingerprint density at radius 2 is 2.05 bits per heavy atom. The number of aliphatic hydroxyl groups is 1. The second-order valence-electron chi connectivity index (χ2n) is 5.13. The lowest BCUT2D eigenvalue weighted by atomic mass is 10.2. The number of rotatable bonds is 7. The first-order valence-corrected chi connectivity index (χ1v) is 8.01. The van der Waals surface area contributed by atoms with Crippen LogP contribution in [0.2, 0.25) is 0 Å². The second kappa shape index (κ2) is 7.94. The lowest BCUT2D eigenvalue weighted by Crippen LogP contribution is -2.31. The van der Waals surface area contributed by atoms with Crippen molar-refractivity contribution in [3.8, 4) is 6.07 Å². The van der Waals surface area contributed by atoms with Crippen molar-refractivity contribution in [1.29, 1.82) is 5.26 Å². The van der Waals surface area contributed by atoms with E-state index in [-0.39, 0.29) is 6.10 Å². The molecular formula is C17H20N2OS. The molecule has 2 rings (SSSR count). The quantitative estimate of drug-likeness (QED) is 0.852. The Kier molecular flexibility index (Phi) is 5.94. The number of hydrogen-bond acceptors (Lipinski definition) is 4. The fourth-order valence-corrected chi connectivity index (χ4v) is 3.05. The molecule has 1 N–H and O–H groups in total. The normalized spacial score (nSPS) is 12.3. The Labute approximate surface area is 130 Å². The van der Waals surface area contributed by atoms with Gasteiger partial charge in [-0.3, -0.25) is 4.90 Å². The predicted octanol–water partition coefficient (Wildman–Crippen LogP) is 3.39. The minimum atomic E-state index is -0.316. The molecule has 0 radical (unpaired) electrons. The highest BCUT2D eigenvalue weighted by Gasteiger charge is 2.13. The van der Waals surface area contributed by atoms with Gasteiger partial charge < -0.3 is 5.11 Å². The molecule has 1 aromatic carbocycles. The Morgan fingerprint density at radius 3 is 2.67 bits per heavy atom. The minimum absolute atomic E-state index is 0.316. The topological polar surface area (TPSA) is 47.3 Å². The van der Waals surface area contributed by atoms with Crippen LogP contribution in [0.1, 0.15) is 29.3 Å². The molecule has 110 valence electrons. The fourth-order valence-electron chi connectivity index (χ4n) is 2.20. The molecule has 1 atom stereocenters. The number of nitrogens with zero attached hydrogens (tertiary/aromatic N) is 2. The van der Waals surface area contributed by atoms with Crippen molar-refractivity contribution in [3.63, 3.8) is 0 Å². The number of nitriles is 1. The van der Waals surface area contributed by atoms with Crippen LogP contribution >= 0.6 is 11.3 Å². The van der Waals surface area contributed by atoms with Gasteiger partial charge in [0, 0.05) is 29.9 Å². The SMILES string of the molecule is CCC(O)CN(Cc1ccccc1)Cc1cc(C#N)cs1. The summed E-state index contributed by atoms with van der Waals surface area (Å²) in [7, 11) is 0. The molecule has 0 aliphatic carbocycles. The third-order valence-electron chi connectivity index (χ3n) is 3.35. The summed E-state index contributed by atoms with van der Waals surface area (Å²) in [6.45, 7) is 4.20. The van der Waals surface area contributed by atoms with E-state index in [1.807, 2.05) is 36.6 Å². The van der Waals surface area contributed by atoms with Gasteiger partial charge in [-0.25, -0.2) is 0 Å². The van der Waals surface area contributed by atoms with Gasteiger partial charge in [-0.05, 0) is 18.1 Å². The van der Waals surface area contributed by atoms with E-state index < -0.39 is 0 Å². The molecule has 0 saturated heterocycles. The molecule has 0 bridgehead atoms. The van der Waals surface area contributed by atoms with E-state index in [1.165, 1.54) is 5.56 Å². The first-order valence-electron chi connectivity index (χ1n) is 7.13. The minimum Gasteiger partial charge on any atom is -0.392 e. The first-order chi connectivity index (χ1) is 10.2. The van der Waals surface area contributed by atoms with Gasteiger partial charge in [-0.2, -0.15) is 5.26 Å². The van der Waals surface area contributed by atoms with Crippen LogP contribution < -0.4 is 0 Å². The van der Waals surface area contributed by atoms with E-state index in [2.05, 4.69) is 23.1 Å². The van der Waals surface area contributed by atoms with Crippen molar-refractivity contribution in [2.45, 2.75) is 32.5 Å². The first kappa shape index (κ1) is 15.7. The summed E-state index contributed by atoms with van der Waals surface area (Å²) in [5, 5.41) is 20.7. The Morgan fingerprint density at radius 1 is 1.29 bits per heavy atom. The molecule has 2 aromatic rings. The van der Waals surface area contributed by atoms with Gasteiger partial charge in [0.05, 0.1) is 11.7 Å². The Balaban J connectivity index is 2.06. The zero-order chi connectivity index (χ0) is 15.1. The summed E-state index contributed by atoms with van der Waals surface area (Å²) in [6.07, 6.45) is 0.434. The third-order valence-corrected chi connectivity index (χ3v) is 4.27. The van der Waals surface area contributed by atoms with Gasteiger partial charge in [-0.15, -0.1) is 11.3 Å². The number of thiophene rings is 1. The van der Waals surface area contributed by atoms with Crippen LogP contribution in [0, 0.1) is 11.3 Å². The highest BCUT2D eigenvalue weighted by atomic mass is 32.1. The standard InChI is InChI=1S/C17H20N2OS/c1-2-16(20)11-19(10-14-6-4-3-5-7-14)12-17-8-15(9-18)13-21-17/h3-8,13,16,20H,2,10-12H2,1H3. The van der Waals surface area contributed by atoms with Crippen molar-refractivity contribution >= 4 is 11.3 Å². The van der Waals surface area contributed by atoms with Gasteiger partial charge in [-0.1, -0.05) is 37.3 Å². The number of benzene rings is 1. The molecule has 0 spiro atoms. The van der Waals surface area contributed by atoms with Gasteiger partial charge in [0.2, 0.25) is 0 Å². The highest BCUT2D eigenvalue weighted by Crippen LogP contribution is 2.18. The van der Waals surface area contributed by atoms with Crippen LogP contribution in [0.5, 0.6) is 0 Å². The number of aliphatic hydroxyl groups excluding tert-OH is 1. The zero-order valence-corrected chi connectivity index (χ0v) is 13.0. The summed E-state index contributed by atoms with van der Waals surface area (Å²) in [5.41, 5.74) is 1.95. The maximum Gasteiger partial charge on any atom is 0.100 e. The summed E-state index contributed by atoms with van der Waals surface area (Å²) in [4.78, 5) is 3.39. The van der Waals surface area contributed by atoms with E-state index in [1.54, 1.807) is 11.3 Å². The molecule has 21 heavy (non-hydrogen) atoms. The van der Waals surface area contributed by atoms with Crippen LogP contribution in [0.4, 0.5) is 0 Å². The molecular weight excluding hydrogens is 280 g/mol. The summed E-state index contributed by atoms with van der Waals surface area (Å²) in [5.74, 6) is 0. The van der Waals surface area contributed by atoms with E-state index in [9.17, 15) is 5.11 Å². The summed E-state index contributed by atoms with van der Waals surface area (Å²) >= 11 is 1.60. The maximum absolute atomic E-state index is 9.95. The average Bonchev–Trinajstić information content (AvgIpc) is 2.95.